The molecule has 0 aliphatic carbocycles. The van der Waals surface area contributed by atoms with E-state index in [1.54, 1.807) is 14.2 Å². The van der Waals surface area contributed by atoms with Gasteiger partial charge in [-0.3, -0.25) is 0 Å². The number of benzene rings is 2. The summed E-state index contributed by atoms with van der Waals surface area (Å²) in [6.07, 6.45) is 3.96. The number of fused-ring (bicyclic) bond motifs is 1. The molecule has 0 saturated carbocycles. The normalized spacial score (nSPS) is 11.0. The third kappa shape index (κ3) is 2.79. The van der Waals surface area contributed by atoms with Crippen molar-refractivity contribution in [2.45, 2.75) is 0 Å². The van der Waals surface area contributed by atoms with Crippen molar-refractivity contribution in [3.05, 3.63) is 65.9 Å². The zero-order valence-electron chi connectivity index (χ0n) is 12.6. The highest BCUT2D eigenvalue weighted by atomic mass is 16.5. The van der Waals surface area contributed by atoms with Gasteiger partial charge >= 0.3 is 0 Å². The van der Waals surface area contributed by atoms with Gasteiger partial charge < -0.3 is 9.47 Å². The molecule has 0 amide bonds. The van der Waals surface area contributed by atoms with Crippen molar-refractivity contribution in [3.8, 4) is 11.5 Å². The van der Waals surface area contributed by atoms with Crippen LogP contribution < -0.4 is 9.47 Å². The van der Waals surface area contributed by atoms with Crippen molar-refractivity contribution in [2.75, 3.05) is 14.2 Å². The summed E-state index contributed by atoms with van der Waals surface area (Å²) in [5, 5.41) is 1.14. The Bertz CT molecular complexity index is 825. The van der Waals surface area contributed by atoms with Crippen LogP contribution >= 0.6 is 0 Å². The number of aromatic nitrogens is 1. The SMILES string of the molecule is COc1cccc(/C=C/c2ccc3ccccc3n2)c1OC. The molecular weight excluding hydrogens is 274 g/mol. The van der Waals surface area contributed by atoms with E-state index in [9.17, 15) is 0 Å². The van der Waals surface area contributed by atoms with E-state index in [2.05, 4.69) is 17.1 Å². The molecule has 0 aliphatic rings. The molecule has 3 heteroatoms. The molecule has 0 spiro atoms. The molecule has 0 fully saturated rings. The Kier molecular flexibility index (Phi) is 4.05. The van der Waals surface area contributed by atoms with Gasteiger partial charge in [0.25, 0.3) is 0 Å². The lowest BCUT2D eigenvalue weighted by Crippen LogP contribution is -1.92. The number of hydrogen-bond donors (Lipinski definition) is 0. The Morgan fingerprint density at radius 1 is 0.818 bits per heavy atom. The largest absolute Gasteiger partial charge is 0.493 e. The van der Waals surface area contributed by atoms with Gasteiger partial charge in [0.15, 0.2) is 11.5 Å². The second-order valence-electron chi connectivity index (χ2n) is 4.84. The van der Waals surface area contributed by atoms with E-state index in [-0.39, 0.29) is 0 Å². The molecule has 0 aliphatic heterocycles. The van der Waals surface area contributed by atoms with E-state index in [0.29, 0.717) is 0 Å². The third-order valence-corrected chi connectivity index (χ3v) is 3.49. The van der Waals surface area contributed by atoms with Crippen LogP contribution in [0.1, 0.15) is 11.3 Å². The third-order valence-electron chi connectivity index (χ3n) is 3.49. The van der Waals surface area contributed by atoms with E-state index in [1.165, 1.54) is 0 Å². The first-order valence-corrected chi connectivity index (χ1v) is 7.06. The number of pyridine rings is 1. The lowest BCUT2D eigenvalue weighted by atomic mass is 10.1. The summed E-state index contributed by atoms with van der Waals surface area (Å²) in [6.45, 7) is 0. The Morgan fingerprint density at radius 3 is 2.50 bits per heavy atom. The molecule has 1 heterocycles. The second kappa shape index (κ2) is 6.31. The van der Waals surface area contributed by atoms with Gasteiger partial charge in [-0.2, -0.15) is 0 Å². The van der Waals surface area contributed by atoms with Crippen molar-refractivity contribution in [1.82, 2.24) is 4.98 Å². The Balaban J connectivity index is 1.96. The van der Waals surface area contributed by atoms with Gasteiger partial charge in [-0.25, -0.2) is 4.98 Å². The molecule has 3 aromatic rings. The van der Waals surface area contributed by atoms with Gasteiger partial charge in [0.2, 0.25) is 0 Å². The lowest BCUT2D eigenvalue weighted by Gasteiger charge is -2.09. The second-order valence-corrected chi connectivity index (χ2v) is 4.84. The van der Waals surface area contributed by atoms with Crippen LogP contribution in [0.25, 0.3) is 23.1 Å². The molecule has 0 atom stereocenters. The minimum Gasteiger partial charge on any atom is -0.493 e. The van der Waals surface area contributed by atoms with Crippen molar-refractivity contribution >= 4 is 23.1 Å². The number of para-hydroxylation sites is 2. The van der Waals surface area contributed by atoms with Crippen molar-refractivity contribution < 1.29 is 9.47 Å². The number of methoxy groups -OCH3 is 2. The molecular formula is C19H17NO2. The van der Waals surface area contributed by atoms with Gasteiger partial charge in [-0.1, -0.05) is 36.4 Å². The number of ether oxygens (including phenoxy) is 2. The monoisotopic (exact) mass is 291 g/mol. The quantitative estimate of drug-likeness (QED) is 0.713. The molecule has 1 aromatic heterocycles. The molecule has 2 aromatic carbocycles. The summed E-state index contributed by atoms with van der Waals surface area (Å²) >= 11 is 0. The molecule has 110 valence electrons. The minimum absolute atomic E-state index is 0.719. The van der Waals surface area contributed by atoms with Crippen LogP contribution in [0.15, 0.2) is 54.6 Å². The van der Waals surface area contributed by atoms with Crippen molar-refractivity contribution in [2.24, 2.45) is 0 Å². The van der Waals surface area contributed by atoms with Crippen LogP contribution in [-0.4, -0.2) is 19.2 Å². The van der Waals surface area contributed by atoms with Gasteiger partial charge in [-0.15, -0.1) is 0 Å². The maximum Gasteiger partial charge on any atom is 0.167 e. The zero-order valence-corrected chi connectivity index (χ0v) is 12.6. The highest BCUT2D eigenvalue weighted by molar-refractivity contribution is 5.81. The van der Waals surface area contributed by atoms with Gasteiger partial charge in [0.05, 0.1) is 25.4 Å². The highest BCUT2D eigenvalue weighted by Crippen LogP contribution is 2.31. The summed E-state index contributed by atoms with van der Waals surface area (Å²) in [5.41, 5.74) is 2.85. The van der Waals surface area contributed by atoms with Crippen molar-refractivity contribution in [1.29, 1.82) is 0 Å². The molecule has 0 bridgehead atoms. The fourth-order valence-electron chi connectivity index (χ4n) is 2.39. The number of nitrogens with zero attached hydrogens (tertiary/aromatic N) is 1. The summed E-state index contributed by atoms with van der Waals surface area (Å²) in [5.74, 6) is 1.44. The first-order valence-electron chi connectivity index (χ1n) is 7.06. The standard InChI is InChI=1S/C19H17NO2/c1-21-18-9-5-7-15(19(18)22-2)11-13-16-12-10-14-6-3-4-8-17(14)20-16/h3-13H,1-2H3/b13-11+. The predicted molar refractivity (Wildman–Crippen MR) is 90.2 cm³/mol. The summed E-state index contributed by atoms with van der Waals surface area (Å²) in [6, 6.07) is 18.0. The van der Waals surface area contributed by atoms with Crippen LogP contribution in [0.3, 0.4) is 0 Å². The molecule has 3 rings (SSSR count). The fraction of sp³-hybridized carbons (Fsp3) is 0.105. The zero-order chi connectivity index (χ0) is 15.4. The molecule has 0 N–H and O–H groups in total. The summed E-state index contributed by atoms with van der Waals surface area (Å²) in [4.78, 5) is 4.63. The number of hydrogen-bond acceptors (Lipinski definition) is 3. The molecule has 22 heavy (non-hydrogen) atoms. The van der Waals surface area contributed by atoms with Gasteiger partial charge in [-0.05, 0) is 30.4 Å². The fourth-order valence-corrected chi connectivity index (χ4v) is 2.39. The average molecular weight is 291 g/mol. The van der Waals surface area contributed by atoms with E-state index in [1.807, 2.05) is 54.6 Å². The van der Waals surface area contributed by atoms with Crippen LogP contribution in [0, 0.1) is 0 Å². The predicted octanol–water partition coefficient (Wildman–Crippen LogP) is 4.42. The van der Waals surface area contributed by atoms with Crippen LogP contribution in [-0.2, 0) is 0 Å². The maximum absolute atomic E-state index is 5.43. The van der Waals surface area contributed by atoms with E-state index in [0.717, 1.165) is 33.7 Å². The highest BCUT2D eigenvalue weighted by Gasteiger charge is 2.06. The Hall–Kier alpha value is -2.81. The van der Waals surface area contributed by atoms with Crippen LogP contribution in [0.2, 0.25) is 0 Å². The van der Waals surface area contributed by atoms with E-state index >= 15 is 0 Å². The van der Waals surface area contributed by atoms with E-state index < -0.39 is 0 Å². The van der Waals surface area contributed by atoms with Gasteiger partial charge in [0.1, 0.15) is 0 Å². The Morgan fingerprint density at radius 2 is 1.68 bits per heavy atom. The summed E-state index contributed by atoms with van der Waals surface area (Å²) in [7, 11) is 3.28. The lowest BCUT2D eigenvalue weighted by molar-refractivity contribution is 0.354. The molecule has 0 saturated heterocycles. The first-order chi connectivity index (χ1) is 10.8. The maximum atomic E-state index is 5.43. The topological polar surface area (TPSA) is 31.4 Å². The average Bonchev–Trinajstić information content (AvgIpc) is 2.59. The molecule has 3 nitrogen and oxygen atoms in total. The molecule has 0 radical (unpaired) electrons. The molecule has 0 unspecified atom stereocenters. The van der Waals surface area contributed by atoms with Gasteiger partial charge in [0, 0.05) is 10.9 Å². The van der Waals surface area contributed by atoms with Crippen molar-refractivity contribution in [3.63, 3.8) is 0 Å². The van der Waals surface area contributed by atoms with Crippen LogP contribution in [0.4, 0.5) is 0 Å². The number of rotatable bonds is 4. The minimum atomic E-state index is 0.719. The smallest absolute Gasteiger partial charge is 0.167 e. The van der Waals surface area contributed by atoms with Crippen LogP contribution in [0.5, 0.6) is 11.5 Å². The Labute approximate surface area is 129 Å². The summed E-state index contributed by atoms with van der Waals surface area (Å²) < 4.78 is 10.7. The first kappa shape index (κ1) is 14.1. The van der Waals surface area contributed by atoms with E-state index in [4.69, 9.17) is 9.47 Å².